The standard InChI is InChI=1S/C17H28N6O3S/c1-11(2)13-5-14(21-20-13)17(24)23-4-3-22(7-12-6-18-10-19-12)15-8-27(25,26)9-16(15)23/h6,10-11,13-16,20-21H,3-5,7-9H2,1-2H3,(H,18,19)/t13?,14?,15-,16+/m1/s1. The molecule has 4 rings (SSSR count). The summed E-state index contributed by atoms with van der Waals surface area (Å²) < 4.78 is 24.7. The molecule has 0 spiro atoms. The van der Waals surface area contributed by atoms with Crippen molar-refractivity contribution in [2.75, 3.05) is 24.6 Å². The van der Waals surface area contributed by atoms with Gasteiger partial charge in [0.2, 0.25) is 5.91 Å². The average Bonchev–Trinajstić information content (AvgIpc) is 3.32. The third-order valence-electron chi connectivity index (χ3n) is 6.04. The third kappa shape index (κ3) is 3.75. The first-order chi connectivity index (χ1) is 12.8. The second kappa shape index (κ2) is 7.16. The number of imidazole rings is 1. The Balaban J connectivity index is 1.50. The number of hydrogen-bond acceptors (Lipinski definition) is 7. The van der Waals surface area contributed by atoms with Crippen LogP contribution < -0.4 is 10.9 Å². The van der Waals surface area contributed by atoms with Crippen molar-refractivity contribution in [3.63, 3.8) is 0 Å². The van der Waals surface area contributed by atoms with Gasteiger partial charge < -0.3 is 9.88 Å². The van der Waals surface area contributed by atoms with Gasteiger partial charge in [-0.1, -0.05) is 13.8 Å². The minimum absolute atomic E-state index is 0.0129. The predicted molar refractivity (Wildman–Crippen MR) is 100 cm³/mol. The zero-order valence-corrected chi connectivity index (χ0v) is 16.6. The number of aromatic amines is 1. The van der Waals surface area contributed by atoms with E-state index in [1.807, 2.05) is 0 Å². The minimum atomic E-state index is -3.15. The monoisotopic (exact) mass is 396 g/mol. The molecule has 9 nitrogen and oxygen atoms in total. The number of amides is 1. The van der Waals surface area contributed by atoms with Crippen LogP contribution in [0.2, 0.25) is 0 Å². The van der Waals surface area contributed by atoms with E-state index < -0.39 is 9.84 Å². The number of sulfone groups is 1. The quantitative estimate of drug-likeness (QED) is 0.606. The number of nitrogens with zero attached hydrogens (tertiary/aromatic N) is 3. The van der Waals surface area contributed by atoms with Crippen molar-refractivity contribution < 1.29 is 13.2 Å². The van der Waals surface area contributed by atoms with Crippen LogP contribution in [0.4, 0.5) is 0 Å². The van der Waals surface area contributed by atoms with Gasteiger partial charge in [0.1, 0.15) is 6.04 Å². The molecule has 3 fully saturated rings. The van der Waals surface area contributed by atoms with E-state index >= 15 is 0 Å². The lowest BCUT2D eigenvalue weighted by atomic mass is 9.97. The molecule has 1 aromatic heterocycles. The third-order valence-corrected chi connectivity index (χ3v) is 7.74. The molecule has 0 bridgehead atoms. The van der Waals surface area contributed by atoms with E-state index in [9.17, 15) is 13.2 Å². The Labute approximate surface area is 159 Å². The number of hydrogen-bond donors (Lipinski definition) is 3. The molecule has 4 atom stereocenters. The molecule has 2 unspecified atom stereocenters. The molecule has 1 amide bonds. The number of H-pyrrole nitrogens is 1. The summed E-state index contributed by atoms with van der Waals surface area (Å²) in [7, 11) is -3.15. The van der Waals surface area contributed by atoms with Crippen molar-refractivity contribution in [3.05, 3.63) is 18.2 Å². The average molecular weight is 397 g/mol. The van der Waals surface area contributed by atoms with Crippen molar-refractivity contribution in [2.24, 2.45) is 5.92 Å². The van der Waals surface area contributed by atoms with Crippen LogP contribution in [0.1, 0.15) is 26.0 Å². The van der Waals surface area contributed by atoms with Crippen molar-refractivity contribution in [2.45, 2.75) is 51.0 Å². The summed E-state index contributed by atoms with van der Waals surface area (Å²) in [5.41, 5.74) is 7.28. The van der Waals surface area contributed by atoms with Crippen LogP contribution in [0.5, 0.6) is 0 Å². The van der Waals surface area contributed by atoms with Gasteiger partial charge >= 0.3 is 0 Å². The molecule has 3 aliphatic heterocycles. The molecule has 1 aromatic rings. The van der Waals surface area contributed by atoms with Crippen LogP contribution in [-0.4, -0.2) is 82.9 Å². The number of nitrogens with one attached hydrogen (secondary N) is 3. The van der Waals surface area contributed by atoms with Crippen molar-refractivity contribution in [1.82, 2.24) is 30.6 Å². The van der Waals surface area contributed by atoms with Gasteiger partial charge in [-0.25, -0.2) is 18.8 Å². The van der Waals surface area contributed by atoms with Crippen LogP contribution in [0, 0.1) is 5.92 Å². The molecule has 27 heavy (non-hydrogen) atoms. The number of rotatable bonds is 4. The van der Waals surface area contributed by atoms with Crippen LogP contribution in [-0.2, 0) is 21.2 Å². The summed E-state index contributed by atoms with van der Waals surface area (Å²) in [6.07, 6.45) is 4.12. The van der Waals surface area contributed by atoms with E-state index in [4.69, 9.17) is 0 Å². The van der Waals surface area contributed by atoms with E-state index in [0.717, 1.165) is 12.1 Å². The fraction of sp³-hybridized carbons (Fsp3) is 0.765. The molecule has 0 radical (unpaired) electrons. The topological polar surface area (TPSA) is 110 Å². The summed E-state index contributed by atoms with van der Waals surface area (Å²) in [5.74, 6) is 0.608. The largest absolute Gasteiger partial charge is 0.347 e. The van der Waals surface area contributed by atoms with Gasteiger partial charge in [-0.15, -0.1) is 0 Å². The molecule has 10 heteroatoms. The molecule has 150 valence electrons. The molecule has 4 heterocycles. The molecule has 3 saturated heterocycles. The number of aromatic nitrogens is 2. The Morgan fingerprint density at radius 2 is 2.04 bits per heavy atom. The first-order valence-electron chi connectivity index (χ1n) is 9.57. The Morgan fingerprint density at radius 1 is 1.26 bits per heavy atom. The first-order valence-corrected chi connectivity index (χ1v) is 11.4. The number of piperazine rings is 1. The highest BCUT2D eigenvalue weighted by molar-refractivity contribution is 7.91. The summed E-state index contributed by atoms with van der Waals surface area (Å²) in [5, 5.41) is 0. The highest BCUT2D eigenvalue weighted by atomic mass is 32.2. The van der Waals surface area contributed by atoms with Crippen LogP contribution in [0.25, 0.3) is 0 Å². The van der Waals surface area contributed by atoms with E-state index in [2.05, 4.69) is 39.6 Å². The van der Waals surface area contributed by atoms with Gasteiger partial charge in [-0.05, 0) is 12.3 Å². The molecule has 3 N–H and O–H groups in total. The van der Waals surface area contributed by atoms with Crippen molar-refractivity contribution in [3.8, 4) is 0 Å². The van der Waals surface area contributed by atoms with Gasteiger partial charge in [0.15, 0.2) is 9.84 Å². The van der Waals surface area contributed by atoms with Gasteiger partial charge in [0, 0.05) is 43.6 Å². The second-order valence-electron chi connectivity index (χ2n) is 8.22. The van der Waals surface area contributed by atoms with E-state index in [-0.39, 0.29) is 41.6 Å². The zero-order valence-electron chi connectivity index (χ0n) is 15.8. The maximum Gasteiger partial charge on any atom is 0.241 e. The summed E-state index contributed by atoms with van der Waals surface area (Å²) in [6, 6.07) is -0.477. The van der Waals surface area contributed by atoms with E-state index in [1.165, 1.54) is 0 Å². The van der Waals surface area contributed by atoms with Gasteiger partial charge in [-0.2, -0.15) is 0 Å². The molecule has 0 aromatic carbocycles. The van der Waals surface area contributed by atoms with Gasteiger partial charge in [0.05, 0.1) is 23.9 Å². The predicted octanol–water partition coefficient (Wildman–Crippen LogP) is -0.889. The molecule has 0 aliphatic carbocycles. The lowest BCUT2D eigenvalue weighted by molar-refractivity contribution is -0.139. The molecular weight excluding hydrogens is 368 g/mol. The van der Waals surface area contributed by atoms with Crippen LogP contribution in [0.15, 0.2) is 12.5 Å². The number of hydrazine groups is 1. The van der Waals surface area contributed by atoms with Crippen molar-refractivity contribution >= 4 is 15.7 Å². The summed E-state index contributed by atoms with van der Waals surface area (Å²) in [4.78, 5) is 24.2. The first kappa shape index (κ1) is 18.9. The summed E-state index contributed by atoms with van der Waals surface area (Å²) >= 11 is 0. The maximum absolute atomic E-state index is 13.1. The Morgan fingerprint density at radius 3 is 2.70 bits per heavy atom. The number of fused-ring (bicyclic) bond motifs is 1. The van der Waals surface area contributed by atoms with Crippen LogP contribution >= 0.6 is 0 Å². The SMILES string of the molecule is CC(C)C1CC(C(=O)N2CCN(Cc3cnc[nH]3)[C@@H]3CS(=O)(=O)C[C@@H]32)NN1. The number of carbonyl (C=O) groups excluding carboxylic acids is 1. The molecular formula is C17H28N6O3S. The highest BCUT2D eigenvalue weighted by Gasteiger charge is 2.49. The van der Waals surface area contributed by atoms with Gasteiger partial charge in [0.25, 0.3) is 0 Å². The fourth-order valence-corrected chi connectivity index (χ4v) is 6.48. The van der Waals surface area contributed by atoms with E-state index in [1.54, 1.807) is 17.4 Å². The fourth-order valence-electron chi connectivity index (χ4n) is 4.47. The van der Waals surface area contributed by atoms with Gasteiger partial charge in [-0.3, -0.25) is 15.1 Å². The van der Waals surface area contributed by atoms with Crippen LogP contribution in [0.3, 0.4) is 0 Å². The normalized spacial score (nSPS) is 33.5. The molecule has 3 aliphatic rings. The van der Waals surface area contributed by atoms with E-state index in [0.29, 0.717) is 25.6 Å². The Hall–Kier alpha value is -1.49. The lowest BCUT2D eigenvalue weighted by Crippen LogP contribution is -2.62. The number of carbonyl (C=O) groups is 1. The lowest BCUT2D eigenvalue weighted by Gasteiger charge is -2.44. The molecule has 0 saturated carbocycles. The minimum Gasteiger partial charge on any atom is -0.347 e. The smallest absolute Gasteiger partial charge is 0.241 e. The highest BCUT2D eigenvalue weighted by Crippen LogP contribution is 2.29. The Kier molecular flexibility index (Phi) is 5.00. The Bertz CT molecular complexity index is 781. The zero-order chi connectivity index (χ0) is 19.2. The van der Waals surface area contributed by atoms with Crippen molar-refractivity contribution in [1.29, 1.82) is 0 Å². The maximum atomic E-state index is 13.1. The second-order valence-corrected chi connectivity index (χ2v) is 10.4. The summed E-state index contributed by atoms with van der Waals surface area (Å²) in [6.45, 7) is 6.08.